The summed E-state index contributed by atoms with van der Waals surface area (Å²) in [4.78, 5) is 47.9. The SMILES string of the molecule is CCOC(=O)C1=C(N)N(c2ccccc2)C2=C(C(=O)[C@@H](C(=O)OCC)[C@H](c3cccc(OC)c3)C2)[C@@H]1c1cccnc1. The number of Topliss-reactive ketones (excluding diaryl/α,β-unsaturated/α-hetero) is 1. The highest BCUT2D eigenvalue weighted by molar-refractivity contribution is 6.14. The quantitative estimate of drug-likeness (QED) is 0.307. The Morgan fingerprint density at radius 3 is 2.38 bits per heavy atom. The van der Waals surface area contributed by atoms with Crippen LogP contribution in [0.2, 0.25) is 0 Å². The summed E-state index contributed by atoms with van der Waals surface area (Å²) in [7, 11) is 1.56. The molecule has 0 saturated heterocycles. The molecule has 0 bridgehead atoms. The van der Waals surface area contributed by atoms with Crippen LogP contribution in [0.3, 0.4) is 0 Å². The maximum atomic E-state index is 14.8. The van der Waals surface area contributed by atoms with Gasteiger partial charge in [-0.2, -0.15) is 0 Å². The van der Waals surface area contributed by atoms with E-state index in [1.165, 1.54) is 0 Å². The zero-order chi connectivity index (χ0) is 29.8. The van der Waals surface area contributed by atoms with Crippen molar-refractivity contribution in [2.45, 2.75) is 32.1 Å². The fraction of sp³-hybridized carbons (Fsp3) is 0.273. The van der Waals surface area contributed by atoms with Gasteiger partial charge in [-0.3, -0.25) is 19.5 Å². The highest BCUT2D eigenvalue weighted by Gasteiger charge is 2.51. The van der Waals surface area contributed by atoms with Crippen LogP contribution in [0.5, 0.6) is 5.75 Å². The fourth-order valence-corrected chi connectivity index (χ4v) is 5.88. The number of pyridine rings is 1. The van der Waals surface area contributed by atoms with Crippen LogP contribution in [-0.2, 0) is 23.9 Å². The van der Waals surface area contributed by atoms with Crippen LogP contribution in [0.15, 0.2) is 102 Å². The van der Waals surface area contributed by atoms with Gasteiger partial charge in [-0.25, -0.2) is 4.79 Å². The Morgan fingerprint density at radius 2 is 1.71 bits per heavy atom. The van der Waals surface area contributed by atoms with Gasteiger partial charge in [-0.15, -0.1) is 0 Å². The van der Waals surface area contributed by atoms with Gasteiger partial charge < -0.3 is 19.9 Å². The van der Waals surface area contributed by atoms with Gasteiger partial charge in [-0.1, -0.05) is 36.4 Å². The number of esters is 2. The van der Waals surface area contributed by atoms with E-state index in [-0.39, 0.29) is 31.0 Å². The molecule has 1 aromatic heterocycles. The maximum absolute atomic E-state index is 14.8. The van der Waals surface area contributed by atoms with Crippen molar-refractivity contribution >= 4 is 23.4 Å². The van der Waals surface area contributed by atoms with Gasteiger partial charge in [0.25, 0.3) is 0 Å². The second-order valence-corrected chi connectivity index (χ2v) is 9.95. The lowest BCUT2D eigenvalue weighted by molar-refractivity contribution is -0.152. The Balaban J connectivity index is 1.80. The van der Waals surface area contributed by atoms with Crippen molar-refractivity contribution in [1.82, 2.24) is 4.98 Å². The molecule has 216 valence electrons. The summed E-state index contributed by atoms with van der Waals surface area (Å²) in [6.07, 6.45) is 3.47. The largest absolute Gasteiger partial charge is 0.497 e. The van der Waals surface area contributed by atoms with E-state index < -0.39 is 35.5 Å². The zero-order valence-electron chi connectivity index (χ0n) is 23.8. The first-order valence-electron chi connectivity index (χ1n) is 13.9. The Hall–Kier alpha value is -4.92. The van der Waals surface area contributed by atoms with Crippen LogP contribution in [0.4, 0.5) is 5.69 Å². The van der Waals surface area contributed by atoms with E-state index in [9.17, 15) is 14.4 Å². The number of anilines is 1. The van der Waals surface area contributed by atoms with E-state index in [2.05, 4.69) is 4.98 Å². The third-order valence-corrected chi connectivity index (χ3v) is 7.63. The lowest BCUT2D eigenvalue weighted by Crippen LogP contribution is -2.46. The second kappa shape index (κ2) is 12.3. The molecule has 9 nitrogen and oxygen atoms in total. The number of hydrogen-bond donors (Lipinski definition) is 1. The van der Waals surface area contributed by atoms with Gasteiger partial charge in [0.1, 0.15) is 17.5 Å². The number of ether oxygens (including phenoxy) is 3. The van der Waals surface area contributed by atoms with Crippen LogP contribution < -0.4 is 15.4 Å². The first-order valence-corrected chi connectivity index (χ1v) is 13.9. The van der Waals surface area contributed by atoms with Crippen molar-refractivity contribution in [3.8, 4) is 5.75 Å². The molecular formula is C33H33N3O6. The normalized spacial score (nSPS) is 20.2. The number of rotatable bonds is 8. The Bertz CT molecular complexity index is 1550. The van der Waals surface area contributed by atoms with Crippen molar-refractivity contribution in [3.05, 3.63) is 113 Å². The molecule has 0 saturated carbocycles. The summed E-state index contributed by atoms with van der Waals surface area (Å²) in [5.41, 5.74) is 9.87. The number of carbonyl (C=O) groups is 3. The number of ketones is 1. The Morgan fingerprint density at radius 1 is 0.976 bits per heavy atom. The molecule has 2 N–H and O–H groups in total. The number of methoxy groups -OCH3 is 1. The summed E-state index contributed by atoms with van der Waals surface area (Å²) in [6.45, 7) is 3.64. The van der Waals surface area contributed by atoms with Crippen LogP contribution in [0.25, 0.3) is 0 Å². The first-order chi connectivity index (χ1) is 20.4. The molecular weight excluding hydrogens is 534 g/mol. The van der Waals surface area contributed by atoms with Crippen molar-refractivity contribution in [1.29, 1.82) is 0 Å². The third-order valence-electron chi connectivity index (χ3n) is 7.63. The number of nitrogens with two attached hydrogens (primary N) is 1. The molecule has 1 aliphatic heterocycles. The Kier molecular flexibility index (Phi) is 8.38. The average Bonchev–Trinajstić information content (AvgIpc) is 3.01. The molecule has 0 radical (unpaired) electrons. The van der Waals surface area contributed by atoms with Crippen LogP contribution in [0.1, 0.15) is 43.2 Å². The highest BCUT2D eigenvalue weighted by atomic mass is 16.5. The average molecular weight is 568 g/mol. The molecule has 3 aromatic rings. The topological polar surface area (TPSA) is 121 Å². The summed E-state index contributed by atoms with van der Waals surface area (Å²) in [6, 6.07) is 20.1. The number of para-hydroxylation sites is 1. The summed E-state index contributed by atoms with van der Waals surface area (Å²) in [5, 5.41) is 0. The van der Waals surface area contributed by atoms with Crippen molar-refractivity contribution < 1.29 is 28.6 Å². The van der Waals surface area contributed by atoms with E-state index in [4.69, 9.17) is 19.9 Å². The molecule has 0 spiro atoms. The van der Waals surface area contributed by atoms with Gasteiger partial charge in [-0.05, 0) is 61.7 Å². The summed E-state index contributed by atoms with van der Waals surface area (Å²) >= 11 is 0. The lowest BCUT2D eigenvalue weighted by Gasteiger charge is -2.44. The molecule has 0 unspecified atom stereocenters. The van der Waals surface area contributed by atoms with E-state index in [0.29, 0.717) is 28.3 Å². The van der Waals surface area contributed by atoms with Crippen LogP contribution in [0, 0.1) is 5.92 Å². The van der Waals surface area contributed by atoms with Gasteiger partial charge in [0, 0.05) is 35.3 Å². The number of nitrogens with zero attached hydrogens (tertiary/aromatic N) is 2. The molecule has 42 heavy (non-hydrogen) atoms. The maximum Gasteiger partial charge on any atom is 0.338 e. The molecule has 2 aliphatic rings. The van der Waals surface area contributed by atoms with Crippen molar-refractivity contribution in [3.63, 3.8) is 0 Å². The third kappa shape index (κ3) is 5.13. The minimum Gasteiger partial charge on any atom is -0.497 e. The van der Waals surface area contributed by atoms with Crippen molar-refractivity contribution in [2.24, 2.45) is 11.7 Å². The van der Waals surface area contributed by atoms with Gasteiger partial charge in [0.2, 0.25) is 0 Å². The molecule has 3 atom stereocenters. The molecule has 5 rings (SSSR count). The number of allylic oxidation sites excluding steroid dienone is 2. The van der Waals surface area contributed by atoms with Crippen molar-refractivity contribution in [2.75, 3.05) is 25.2 Å². The smallest absolute Gasteiger partial charge is 0.338 e. The van der Waals surface area contributed by atoms with Gasteiger partial charge >= 0.3 is 11.9 Å². The Labute approximate surface area is 244 Å². The van der Waals surface area contributed by atoms with E-state index in [0.717, 1.165) is 5.56 Å². The summed E-state index contributed by atoms with van der Waals surface area (Å²) < 4.78 is 16.4. The van der Waals surface area contributed by atoms with E-state index >= 15 is 0 Å². The first kappa shape index (κ1) is 28.6. The number of hydrogen-bond acceptors (Lipinski definition) is 9. The zero-order valence-corrected chi connectivity index (χ0v) is 23.8. The van der Waals surface area contributed by atoms with E-state index in [1.807, 2.05) is 48.5 Å². The van der Waals surface area contributed by atoms with Gasteiger partial charge in [0.05, 0.1) is 31.8 Å². The molecule has 1 aliphatic carbocycles. The highest BCUT2D eigenvalue weighted by Crippen LogP contribution is 2.51. The fourth-order valence-electron chi connectivity index (χ4n) is 5.88. The van der Waals surface area contributed by atoms with Crippen LogP contribution in [-0.4, -0.2) is 43.0 Å². The summed E-state index contributed by atoms with van der Waals surface area (Å²) in [5.74, 6) is -3.60. The number of carbonyl (C=O) groups excluding carboxylic acids is 3. The minimum absolute atomic E-state index is 0.114. The number of benzene rings is 2. The molecule has 2 heterocycles. The van der Waals surface area contributed by atoms with E-state index in [1.54, 1.807) is 56.4 Å². The lowest BCUT2D eigenvalue weighted by atomic mass is 9.67. The molecule has 9 heteroatoms. The molecule has 0 fully saturated rings. The van der Waals surface area contributed by atoms with Crippen LogP contribution >= 0.6 is 0 Å². The standard InChI is InChI=1S/C33H33N3O6/c1-4-41-32(38)27-24(20-11-9-15-23(17-20)40-3)18-25-28(30(27)37)26(21-12-10-16-35-19-21)29(33(39)42-5-2)31(34)36(25)22-13-7-6-8-14-22/h6-17,19,24,26-27H,4-5,18,34H2,1-3H3/t24-,26-,27-/m0/s1. The number of aromatic nitrogens is 1. The predicted octanol–water partition coefficient (Wildman–Crippen LogP) is 4.62. The molecule has 2 aromatic carbocycles. The monoisotopic (exact) mass is 567 g/mol. The predicted molar refractivity (Wildman–Crippen MR) is 156 cm³/mol. The second-order valence-electron chi connectivity index (χ2n) is 9.95. The molecule has 0 amide bonds. The minimum atomic E-state index is -1.16. The van der Waals surface area contributed by atoms with Gasteiger partial charge in [0.15, 0.2) is 5.78 Å².